The van der Waals surface area contributed by atoms with Gasteiger partial charge in [-0.2, -0.15) is 5.10 Å². The fraction of sp³-hybridized carbons (Fsp3) is 0.278. The molecule has 1 aliphatic rings. The number of benzene rings is 1. The van der Waals surface area contributed by atoms with E-state index in [1.54, 1.807) is 19.1 Å². The van der Waals surface area contributed by atoms with Gasteiger partial charge in [0, 0.05) is 6.08 Å². The Bertz CT molecular complexity index is 946. The van der Waals surface area contributed by atoms with Crippen LogP contribution in [0.15, 0.2) is 37.8 Å². The normalized spacial score (nSPS) is 17.2. The van der Waals surface area contributed by atoms with Crippen LogP contribution in [0, 0.1) is 0 Å². The van der Waals surface area contributed by atoms with Crippen molar-refractivity contribution in [3.63, 3.8) is 0 Å². The number of hydrogen-bond donors (Lipinski definition) is 1. The minimum Gasteiger partial charge on any atom is -0.493 e. The van der Waals surface area contributed by atoms with Crippen molar-refractivity contribution < 1.29 is 33.3 Å². The third kappa shape index (κ3) is 6.07. The number of rotatable bonds is 7. The molecule has 0 bridgehead atoms. The second-order valence-corrected chi connectivity index (χ2v) is 7.44. The molecule has 2 rings (SSSR count). The van der Waals surface area contributed by atoms with Crippen LogP contribution in [0.1, 0.15) is 12.5 Å². The van der Waals surface area contributed by atoms with Gasteiger partial charge in [0.1, 0.15) is 0 Å². The van der Waals surface area contributed by atoms with Crippen molar-refractivity contribution in [3.05, 3.63) is 33.2 Å². The number of hydrogen-bond acceptors (Lipinski definition) is 10. The maximum Gasteiger partial charge on any atom is 0.346 e. The highest BCUT2D eigenvalue weighted by Gasteiger charge is 2.25. The molecule has 1 fully saturated rings. The molecule has 30 heavy (non-hydrogen) atoms. The lowest BCUT2D eigenvalue weighted by Gasteiger charge is -2.17. The van der Waals surface area contributed by atoms with Gasteiger partial charge in [-0.1, -0.05) is 0 Å². The monoisotopic (exact) mass is 499 g/mol. The molecule has 1 amide bonds. The van der Waals surface area contributed by atoms with Crippen molar-refractivity contribution >= 4 is 56.9 Å². The molecule has 0 aliphatic carbocycles. The van der Waals surface area contributed by atoms with Gasteiger partial charge in [0.2, 0.25) is 0 Å². The fourth-order valence-electron chi connectivity index (χ4n) is 2.11. The first kappa shape index (κ1) is 23.4. The predicted molar refractivity (Wildman–Crippen MR) is 114 cm³/mol. The summed E-state index contributed by atoms with van der Waals surface area (Å²) in [7, 11) is 3.95. The lowest BCUT2D eigenvalue weighted by molar-refractivity contribution is -0.148. The van der Waals surface area contributed by atoms with Gasteiger partial charge in [-0.25, -0.2) is 9.59 Å². The zero-order valence-corrected chi connectivity index (χ0v) is 18.8. The van der Waals surface area contributed by atoms with Crippen LogP contribution in [0.25, 0.3) is 0 Å². The maximum atomic E-state index is 11.8. The highest BCUT2D eigenvalue weighted by molar-refractivity contribution is 9.10. The number of esters is 2. The number of methoxy groups -OCH3 is 3. The minimum atomic E-state index is -0.832. The Morgan fingerprint density at radius 2 is 1.97 bits per heavy atom. The van der Waals surface area contributed by atoms with Crippen LogP contribution in [0.3, 0.4) is 0 Å². The van der Waals surface area contributed by atoms with Crippen LogP contribution in [0.4, 0.5) is 0 Å². The molecule has 0 saturated carbocycles. The average Bonchev–Trinajstić information content (AvgIpc) is 3.07. The summed E-state index contributed by atoms with van der Waals surface area (Å²) in [6, 6.07) is 3.32. The molecule has 1 aromatic carbocycles. The van der Waals surface area contributed by atoms with E-state index in [0.717, 1.165) is 17.8 Å². The number of nitrogens with one attached hydrogen (secondary N) is 1. The number of thioether (sulfide) groups is 1. The highest BCUT2D eigenvalue weighted by Crippen LogP contribution is 2.37. The molecule has 0 aromatic heterocycles. The van der Waals surface area contributed by atoms with E-state index in [0.29, 0.717) is 21.5 Å². The van der Waals surface area contributed by atoms with Gasteiger partial charge in [0.05, 0.1) is 36.9 Å². The number of ether oxygens (including phenoxy) is 4. The van der Waals surface area contributed by atoms with Crippen LogP contribution in [-0.4, -0.2) is 56.7 Å². The first-order valence-corrected chi connectivity index (χ1v) is 9.91. The number of amides is 1. The molecule has 1 heterocycles. The second-order valence-electron chi connectivity index (χ2n) is 5.56. The van der Waals surface area contributed by atoms with E-state index in [-0.39, 0.29) is 10.1 Å². The first-order chi connectivity index (χ1) is 14.3. The summed E-state index contributed by atoms with van der Waals surface area (Å²) in [5, 5.41) is 10.6. The molecule has 1 atom stereocenters. The smallest absolute Gasteiger partial charge is 0.346 e. The second kappa shape index (κ2) is 10.8. The lowest BCUT2D eigenvalue weighted by Crippen LogP contribution is -2.25. The molecule has 1 saturated heterocycles. The molecule has 1 unspecified atom stereocenters. The van der Waals surface area contributed by atoms with Crippen LogP contribution >= 0.6 is 27.7 Å². The predicted octanol–water partition coefficient (Wildman–Crippen LogP) is 2.01. The number of carbonyl (C=O) groups is 3. The summed E-state index contributed by atoms with van der Waals surface area (Å²) >= 11 is 4.34. The van der Waals surface area contributed by atoms with Gasteiger partial charge in [-0.05, 0) is 52.3 Å². The lowest BCUT2D eigenvalue weighted by atomic mass is 10.2. The van der Waals surface area contributed by atoms with E-state index in [4.69, 9.17) is 9.47 Å². The van der Waals surface area contributed by atoms with Crippen molar-refractivity contribution in [3.8, 4) is 11.5 Å². The SMILES string of the molecule is COC(=O)/C=C1/S/C(=N\N=Cc2cc(Br)c(OC(C)C(=O)OC)c(OC)c2)NC1=O. The first-order valence-electron chi connectivity index (χ1n) is 8.31. The zero-order chi connectivity index (χ0) is 22.3. The Labute approximate surface area is 184 Å². The molecule has 1 aromatic rings. The molecule has 1 N–H and O–H groups in total. The topological polar surface area (TPSA) is 125 Å². The molecule has 1 aliphatic heterocycles. The Hall–Kier alpha value is -2.86. The number of amidine groups is 1. The van der Waals surface area contributed by atoms with E-state index in [2.05, 4.69) is 40.9 Å². The van der Waals surface area contributed by atoms with Crippen molar-refractivity contribution in [1.82, 2.24) is 5.32 Å². The van der Waals surface area contributed by atoms with E-state index in [1.807, 2.05) is 0 Å². The van der Waals surface area contributed by atoms with Crippen LogP contribution < -0.4 is 14.8 Å². The van der Waals surface area contributed by atoms with Gasteiger partial charge in [0.15, 0.2) is 22.8 Å². The van der Waals surface area contributed by atoms with Gasteiger partial charge >= 0.3 is 11.9 Å². The summed E-state index contributed by atoms with van der Waals surface area (Å²) in [5.41, 5.74) is 0.612. The van der Waals surface area contributed by atoms with Gasteiger partial charge in [-0.15, -0.1) is 5.10 Å². The van der Waals surface area contributed by atoms with Crippen molar-refractivity contribution in [1.29, 1.82) is 0 Å². The summed E-state index contributed by atoms with van der Waals surface area (Å²) in [4.78, 5) is 34.8. The number of carbonyl (C=O) groups excluding carboxylic acids is 3. The van der Waals surface area contributed by atoms with Crippen LogP contribution in [0.2, 0.25) is 0 Å². The van der Waals surface area contributed by atoms with Crippen molar-refractivity contribution in [2.24, 2.45) is 10.2 Å². The van der Waals surface area contributed by atoms with Crippen molar-refractivity contribution in [2.45, 2.75) is 13.0 Å². The quantitative estimate of drug-likeness (QED) is 0.261. The Morgan fingerprint density at radius 1 is 1.23 bits per heavy atom. The van der Waals surface area contributed by atoms with Gasteiger partial charge in [0.25, 0.3) is 5.91 Å². The van der Waals surface area contributed by atoms with Crippen LogP contribution in [0.5, 0.6) is 11.5 Å². The Balaban J connectivity index is 2.16. The van der Waals surface area contributed by atoms with E-state index in [9.17, 15) is 14.4 Å². The minimum absolute atomic E-state index is 0.154. The van der Waals surface area contributed by atoms with E-state index >= 15 is 0 Å². The number of halogens is 1. The zero-order valence-electron chi connectivity index (χ0n) is 16.4. The molecule has 0 spiro atoms. The molecule has 0 radical (unpaired) electrons. The van der Waals surface area contributed by atoms with E-state index < -0.39 is 23.9 Å². The summed E-state index contributed by atoms with van der Waals surface area (Å²) < 4.78 is 20.6. The van der Waals surface area contributed by atoms with Crippen LogP contribution in [-0.2, 0) is 23.9 Å². The molecular formula is C18H18BrN3O7S. The Kier molecular flexibility index (Phi) is 8.42. The summed E-state index contributed by atoms with van der Waals surface area (Å²) in [6.07, 6.45) is 1.67. The fourth-order valence-corrected chi connectivity index (χ4v) is 3.40. The standard InChI is InChI=1S/C18H18BrN3O7S/c1-9(17(25)28-4)29-15-11(19)5-10(6-12(15)26-2)8-20-22-18-21-16(24)13(30-18)7-14(23)27-3/h5-9H,1-4H3,(H,21,22,24)/b13-7+,20-8?. The number of nitrogens with zero attached hydrogens (tertiary/aromatic N) is 2. The molecular weight excluding hydrogens is 482 g/mol. The third-order valence-corrected chi connectivity index (χ3v) is 5.03. The Morgan fingerprint density at radius 3 is 2.60 bits per heavy atom. The van der Waals surface area contributed by atoms with Gasteiger partial charge < -0.3 is 18.9 Å². The molecule has 10 nitrogen and oxygen atoms in total. The third-order valence-electron chi connectivity index (χ3n) is 3.54. The molecule has 160 valence electrons. The highest BCUT2D eigenvalue weighted by atomic mass is 79.9. The maximum absolute atomic E-state index is 11.8. The largest absolute Gasteiger partial charge is 0.493 e. The van der Waals surface area contributed by atoms with Gasteiger partial charge in [-0.3, -0.25) is 10.1 Å². The summed E-state index contributed by atoms with van der Waals surface area (Å²) in [5.74, 6) is -0.943. The van der Waals surface area contributed by atoms with E-state index in [1.165, 1.54) is 27.5 Å². The average molecular weight is 500 g/mol. The molecule has 12 heteroatoms. The summed E-state index contributed by atoms with van der Waals surface area (Å²) in [6.45, 7) is 1.56. The van der Waals surface area contributed by atoms with Crippen molar-refractivity contribution in [2.75, 3.05) is 21.3 Å².